The number of hydrogen-bond donors (Lipinski definition) is 1. The van der Waals surface area contributed by atoms with Crippen molar-refractivity contribution in [3.8, 4) is 0 Å². The van der Waals surface area contributed by atoms with Gasteiger partial charge < -0.3 is 5.73 Å². The number of hydrogen-bond acceptors (Lipinski definition) is 3. The maximum Gasteiger partial charge on any atom is 0.258 e. The molecule has 0 radical (unpaired) electrons. The van der Waals surface area contributed by atoms with Crippen LogP contribution in [0.4, 0.5) is 0 Å². The Morgan fingerprint density at radius 3 is 2.55 bits per heavy atom. The lowest BCUT2D eigenvalue weighted by Gasteiger charge is -2.25. The van der Waals surface area contributed by atoms with Crippen molar-refractivity contribution in [1.82, 2.24) is 4.98 Å². The van der Waals surface area contributed by atoms with Crippen molar-refractivity contribution in [3.05, 3.63) is 100 Å². The second-order valence-corrected chi connectivity index (χ2v) is 17.4. The van der Waals surface area contributed by atoms with Crippen LogP contribution in [0.2, 0.25) is 19.6 Å². The maximum atomic E-state index is 11.3. The Balaban J connectivity index is 0.000000140. The number of primary amides is 1. The molecule has 2 aliphatic rings. The fourth-order valence-corrected chi connectivity index (χ4v) is 7.65. The predicted octanol–water partition coefficient (Wildman–Crippen LogP) is 7.98. The molecule has 0 aliphatic heterocycles. The highest BCUT2D eigenvalue weighted by molar-refractivity contribution is 7.20. The van der Waals surface area contributed by atoms with E-state index in [1.54, 1.807) is 11.1 Å². The maximum absolute atomic E-state index is 11.3. The van der Waals surface area contributed by atoms with Crippen molar-refractivity contribution >= 4 is 68.0 Å². The summed E-state index contributed by atoms with van der Waals surface area (Å²) in [6.07, 6.45) is 9.61. The largest absolute Gasteiger partial charge is 0.365 e. The van der Waals surface area contributed by atoms with Crippen molar-refractivity contribution in [2.75, 3.05) is 0 Å². The first-order chi connectivity index (χ1) is 18.3. The number of aromatic nitrogens is 1. The molecule has 0 unspecified atom stereocenters. The molecule has 5 heteroatoms. The normalized spacial score (nSPS) is 14.8. The Morgan fingerprint density at radius 1 is 0.895 bits per heavy atom. The minimum atomic E-state index is -1.33. The first-order valence-electron chi connectivity index (χ1n) is 13.3. The molecule has 0 bridgehead atoms. The summed E-state index contributed by atoms with van der Waals surface area (Å²) in [6, 6.07) is 23.8. The zero-order chi connectivity index (χ0) is 26.4. The van der Waals surface area contributed by atoms with Gasteiger partial charge in [0.25, 0.3) is 5.91 Å². The van der Waals surface area contributed by atoms with Gasteiger partial charge in [-0.15, -0.1) is 11.3 Å². The van der Waals surface area contributed by atoms with Crippen LogP contribution in [0.3, 0.4) is 0 Å². The third kappa shape index (κ3) is 4.61. The average Bonchev–Trinajstić information content (AvgIpc) is 3.34. The van der Waals surface area contributed by atoms with E-state index in [2.05, 4.69) is 97.4 Å². The van der Waals surface area contributed by atoms with Gasteiger partial charge in [-0.1, -0.05) is 91.1 Å². The third-order valence-corrected chi connectivity index (χ3v) is 10.8. The fourth-order valence-electron chi connectivity index (χ4n) is 5.61. The molecule has 2 aliphatic carbocycles. The van der Waals surface area contributed by atoms with Gasteiger partial charge in [0.1, 0.15) is 4.83 Å². The zero-order valence-electron chi connectivity index (χ0n) is 22.2. The van der Waals surface area contributed by atoms with Crippen molar-refractivity contribution in [1.29, 1.82) is 0 Å². The fraction of sp³-hybridized carbons (Fsp3) is 0.212. The molecule has 2 heterocycles. The van der Waals surface area contributed by atoms with Crippen LogP contribution in [0.5, 0.6) is 0 Å². The number of aryl methyl sites for hydroxylation is 1. The molecule has 7 rings (SSSR count). The van der Waals surface area contributed by atoms with E-state index in [9.17, 15) is 4.79 Å². The molecule has 38 heavy (non-hydrogen) atoms. The topological polar surface area (TPSA) is 56.0 Å². The van der Waals surface area contributed by atoms with Gasteiger partial charge in [-0.3, -0.25) is 4.79 Å². The van der Waals surface area contributed by atoms with Gasteiger partial charge >= 0.3 is 0 Å². The number of benzene rings is 3. The first kappa shape index (κ1) is 24.8. The van der Waals surface area contributed by atoms with Crippen molar-refractivity contribution in [2.45, 2.75) is 45.3 Å². The highest BCUT2D eigenvalue weighted by atomic mass is 32.1. The smallest absolute Gasteiger partial charge is 0.258 e. The van der Waals surface area contributed by atoms with Gasteiger partial charge in [-0.25, -0.2) is 4.98 Å². The van der Waals surface area contributed by atoms with Crippen molar-refractivity contribution in [2.24, 2.45) is 5.73 Å². The molecular formula is C33H32N2OSSi. The molecule has 190 valence electrons. The Bertz CT molecular complexity index is 1790. The Hall–Kier alpha value is -3.54. The van der Waals surface area contributed by atoms with Crippen LogP contribution in [-0.4, -0.2) is 19.0 Å². The first-order valence-corrected chi connectivity index (χ1v) is 17.6. The number of carbonyl (C=O) groups is 1. The summed E-state index contributed by atoms with van der Waals surface area (Å²) >= 11 is 1.35. The Labute approximate surface area is 228 Å². The minimum absolute atomic E-state index is 0.389. The van der Waals surface area contributed by atoms with Gasteiger partial charge in [-0.05, 0) is 71.4 Å². The van der Waals surface area contributed by atoms with Gasteiger partial charge in [0.15, 0.2) is 0 Å². The molecule has 0 fully saturated rings. The number of allylic oxidation sites excluding steroid dienone is 4. The quantitative estimate of drug-likeness (QED) is 0.234. The number of carbonyl (C=O) groups excluding carboxylic acids is 1. The molecule has 1 amide bonds. The molecule has 0 atom stereocenters. The number of rotatable bonds is 2. The second-order valence-electron chi connectivity index (χ2n) is 11.3. The van der Waals surface area contributed by atoms with Crippen molar-refractivity contribution in [3.63, 3.8) is 0 Å². The summed E-state index contributed by atoms with van der Waals surface area (Å²) in [5, 5.41) is 6.35. The van der Waals surface area contributed by atoms with Crippen molar-refractivity contribution < 1.29 is 4.79 Å². The van der Waals surface area contributed by atoms with Crippen LogP contribution in [0.25, 0.3) is 37.5 Å². The lowest BCUT2D eigenvalue weighted by Crippen LogP contribution is -2.37. The Kier molecular flexibility index (Phi) is 6.29. The second kappa shape index (κ2) is 9.64. The summed E-state index contributed by atoms with van der Waals surface area (Å²) in [5.74, 6) is -0.389. The van der Waals surface area contributed by atoms with E-state index in [4.69, 9.17) is 5.73 Å². The Morgan fingerprint density at radius 2 is 1.74 bits per heavy atom. The summed E-state index contributed by atoms with van der Waals surface area (Å²) in [7, 11) is -1.33. The van der Waals surface area contributed by atoms with Crippen LogP contribution in [-0.2, 0) is 6.42 Å². The lowest BCUT2D eigenvalue weighted by atomic mass is 9.80. The molecule has 3 aromatic carbocycles. The molecule has 0 saturated carbocycles. The van der Waals surface area contributed by atoms with E-state index in [0.717, 1.165) is 21.1 Å². The molecule has 3 nitrogen and oxygen atoms in total. The number of pyridine rings is 1. The molecular weight excluding hydrogens is 501 g/mol. The van der Waals surface area contributed by atoms with E-state index in [-0.39, 0.29) is 5.91 Å². The summed E-state index contributed by atoms with van der Waals surface area (Å²) in [4.78, 5) is 17.3. The summed E-state index contributed by atoms with van der Waals surface area (Å²) in [5.41, 5.74) is 12.5. The number of nitrogens with zero attached hydrogens (tertiary/aromatic N) is 1. The van der Waals surface area contributed by atoms with E-state index in [0.29, 0.717) is 4.88 Å². The number of thiophene rings is 1. The SMILES string of the molecule is C1=CC2=C(CC1)CCc1c2ccc2ccccc12.C[Si](C)(C)c1ccc2nc3sc(C(N)=O)cc3cc2c1. The molecule has 2 aromatic heterocycles. The van der Waals surface area contributed by atoms with Crippen LogP contribution < -0.4 is 10.9 Å². The number of fused-ring (bicyclic) bond motifs is 6. The molecule has 0 saturated heterocycles. The van der Waals surface area contributed by atoms with E-state index in [1.807, 2.05) is 6.07 Å². The van der Waals surface area contributed by atoms with Crippen LogP contribution in [0.1, 0.15) is 40.1 Å². The van der Waals surface area contributed by atoms with Crippen LogP contribution in [0.15, 0.2) is 84.5 Å². The van der Waals surface area contributed by atoms with E-state index >= 15 is 0 Å². The van der Waals surface area contributed by atoms with Gasteiger partial charge in [0.05, 0.1) is 18.5 Å². The molecule has 5 aromatic rings. The highest BCUT2D eigenvalue weighted by Gasteiger charge is 2.20. The van der Waals surface area contributed by atoms with E-state index in [1.165, 1.54) is 64.1 Å². The molecule has 0 spiro atoms. The van der Waals surface area contributed by atoms with Gasteiger partial charge in [0.2, 0.25) is 0 Å². The van der Waals surface area contributed by atoms with Gasteiger partial charge in [-0.2, -0.15) is 0 Å². The lowest BCUT2D eigenvalue weighted by molar-refractivity contribution is 0.100. The monoisotopic (exact) mass is 532 g/mol. The van der Waals surface area contributed by atoms with Gasteiger partial charge in [0, 0.05) is 10.8 Å². The molecule has 2 N–H and O–H groups in total. The minimum Gasteiger partial charge on any atom is -0.365 e. The number of nitrogens with two attached hydrogens (primary N) is 1. The predicted molar refractivity (Wildman–Crippen MR) is 166 cm³/mol. The standard InChI is InChI=1S/C18H16.C15H16N2OSSi/c1-3-7-15-13(5-1)9-11-18-16-8-4-2-6-14(16)10-12-17(15)18;1-20(2,3)11-4-5-12-9(7-11)6-10-8-13(14(16)18)19-15(10)17-12/h1,3-5,7-9,11H,2,6,10,12H2;4-8H,1-3H3,(H2,16,18). The number of amides is 1. The van der Waals surface area contributed by atoms with Crippen LogP contribution in [0, 0.1) is 0 Å². The van der Waals surface area contributed by atoms with E-state index < -0.39 is 8.07 Å². The summed E-state index contributed by atoms with van der Waals surface area (Å²) in [6.45, 7) is 6.99. The average molecular weight is 533 g/mol. The third-order valence-electron chi connectivity index (χ3n) is 7.70. The summed E-state index contributed by atoms with van der Waals surface area (Å²) < 4.78 is 0. The van der Waals surface area contributed by atoms with Crippen LogP contribution >= 0.6 is 11.3 Å². The highest BCUT2D eigenvalue weighted by Crippen LogP contribution is 2.39. The zero-order valence-corrected chi connectivity index (χ0v) is 24.0.